The zero-order valence-corrected chi connectivity index (χ0v) is 10.0. The van der Waals surface area contributed by atoms with Gasteiger partial charge in [-0.3, -0.25) is 4.68 Å². The lowest BCUT2D eigenvalue weighted by Gasteiger charge is -2.23. The number of aromatic nitrogens is 2. The van der Waals surface area contributed by atoms with Crippen molar-refractivity contribution in [3.63, 3.8) is 0 Å². The molecule has 1 N–H and O–H groups in total. The molecule has 78 valence electrons. The van der Waals surface area contributed by atoms with Crippen LogP contribution in [-0.4, -0.2) is 22.4 Å². The first-order valence-electron chi connectivity index (χ1n) is 5.18. The van der Waals surface area contributed by atoms with E-state index in [0.717, 1.165) is 17.7 Å². The summed E-state index contributed by atoms with van der Waals surface area (Å²) in [5.41, 5.74) is 1.21. The number of piperidine rings is 1. The highest BCUT2D eigenvalue weighted by Gasteiger charge is 2.14. The summed E-state index contributed by atoms with van der Waals surface area (Å²) in [5, 5.41) is 7.86. The molecule has 1 aromatic heterocycles. The van der Waals surface area contributed by atoms with E-state index in [0.29, 0.717) is 6.04 Å². The number of hydrogen-bond donors (Lipinski definition) is 1. The van der Waals surface area contributed by atoms with Gasteiger partial charge < -0.3 is 5.32 Å². The van der Waals surface area contributed by atoms with E-state index in [1.54, 1.807) is 0 Å². The molecule has 1 atom stereocenters. The summed E-state index contributed by atoms with van der Waals surface area (Å²) in [6.45, 7) is 4.21. The molecular weight excluding hydrogens is 242 g/mol. The molecular formula is C10H16BrN3. The first kappa shape index (κ1) is 10.2. The minimum absolute atomic E-state index is 0.597. The minimum Gasteiger partial charge on any atom is -0.312 e. The van der Waals surface area contributed by atoms with Gasteiger partial charge in [0.25, 0.3) is 0 Å². The highest BCUT2D eigenvalue weighted by atomic mass is 79.9. The summed E-state index contributed by atoms with van der Waals surface area (Å²) < 4.78 is 3.16. The third kappa shape index (κ3) is 2.17. The van der Waals surface area contributed by atoms with Gasteiger partial charge in [0.2, 0.25) is 0 Å². The van der Waals surface area contributed by atoms with Gasteiger partial charge in [0.05, 0.1) is 12.7 Å². The summed E-state index contributed by atoms with van der Waals surface area (Å²) in [7, 11) is 0. The number of nitrogens with one attached hydrogen (secondary N) is 1. The molecule has 2 heterocycles. The Kier molecular flexibility index (Phi) is 3.23. The zero-order chi connectivity index (χ0) is 9.97. The van der Waals surface area contributed by atoms with Crippen LogP contribution in [0.15, 0.2) is 10.8 Å². The molecule has 1 fully saturated rings. The van der Waals surface area contributed by atoms with Crippen LogP contribution in [-0.2, 0) is 6.54 Å². The number of halogens is 1. The smallest absolute Gasteiger partial charge is 0.107 e. The van der Waals surface area contributed by atoms with Crippen LogP contribution in [0.1, 0.15) is 24.8 Å². The van der Waals surface area contributed by atoms with E-state index in [1.165, 1.54) is 24.8 Å². The molecule has 0 aliphatic carbocycles. The number of nitrogens with zero attached hydrogens (tertiary/aromatic N) is 2. The molecule has 0 amide bonds. The fourth-order valence-corrected chi connectivity index (χ4v) is 2.22. The SMILES string of the molecule is Cc1cnn(CC2CCCCN2)c1Br. The molecule has 3 nitrogen and oxygen atoms in total. The molecule has 14 heavy (non-hydrogen) atoms. The Morgan fingerprint density at radius 2 is 2.50 bits per heavy atom. The average molecular weight is 258 g/mol. The predicted octanol–water partition coefficient (Wildman–Crippen LogP) is 2.10. The highest BCUT2D eigenvalue weighted by Crippen LogP contribution is 2.17. The molecule has 1 unspecified atom stereocenters. The van der Waals surface area contributed by atoms with Crippen LogP contribution in [0.25, 0.3) is 0 Å². The lowest BCUT2D eigenvalue weighted by molar-refractivity contribution is 0.349. The fourth-order valence-electron chi connectivity index (χ4n) is 1.88. The maximum atomic E-state index is 4.34. The van der Waals surface area contributed by atoms with Gasteiger partial charge in [-0.25, -0.2) is 0 Å². The number of aryl methyl sites for hydroxylation is 1. The van der Waals surface area contributed by atoms with Crippen molar-refractivity contribution in [3.8, 4) is 0 Å². The zero-order valence-electron chi connectivity index (χ0n) is 8.46. The Hall–Kier alpha value is -0.350. The largest absolute Gasteiger partial charge is 0.312 e. The Bertz CT molecular complexity index is 302. The summed E-state index contributed by atoms with van der Waals surface area (Å²) in [4.78, 5) is 0. The predicted molar refractivity (Wildman–Crippen MR) is 60.3 cm³/mol. The first-order valence-corrected chi connectivity index (χ1v) is 5.98. The van der Waals surface area contributed by atoms with Crippen molar-refractivity contribution in [2.24, 2.45) is 0 Å². The standard InChI is InChI=1S/C10H16BrN3/c1-8-6-13-14(10(8)11)7-9-4-2-3-5-12-9/h6,9,12H,2-5,7H2,1H3. The molecule has 0 aromatic carbocycles. The second kappa shape index (κ2) is 4.45. The molecule has 0 spiro atoms. The van der Waals surface area contributed by atoms with Gasteiger partial charge in [0.15, 0.2) is 0 Å². The van der Waals surface area contributed by atoms with Gasteiger partial charge in [-0.15, -0.1) is 0 Å². The highest BCUT2D eigenvalue weighted by molar-refractivity contribution is 9.10. The number of rotatable bonds is 2. The molecule has 1 aromatic rings. The minimum atomic E-state index is 0.597. The van der Waals surface area contributed by atoms with Crippen LogP contribution in [0, 0.1) is 6.92 Å². The second-order valence-corrected chi connectivity index (χ2v) is 4.70. The van der Waals surface area contributed by atoms with Gasteiger partial charge in [0.1, 0.15) is 4.60 Å². The van der Waals surface area contributed by atoms with Gasteiger partial charge in [-0.05, 0) is 42.2 Å². The summed E-state index contributed by atoms with van der Waals surface area (Å²) in [6, 6.07) is 0.597. The Morgan fingerprint density at radius 1 is 1.64 bits per heavy atom. The quantitative estimate of drug-likeness (QED) is 0.880. The van der Waals surface area contributed by atoms with Crippen molar-refractivity contribution in [2.45, 2.75) is 38.8 Å². The summed E-state index contributed by atoms with van der Waals surface area (Å²) in [5.74, 6) is 0. The van der Waals surface area contributed by atoms with Crippen LogP contribution >= 0.6 is 15.9 Å². The monoisotopic (exact) mass is 257 g/mol. The van der Waals surface area contributed by atoms with E-state index >= 15 is 0 Å². The molecule has 4 heteroatoms. The molecule has 1 aliphatic heterocycles. The van der Waals surface area contributed by atoms with Crippen LogP contribution in [0.3, 0.4) is 0 Å². The Morgan fingerprint density at radius 3 is 3.07 bits per heavy atom. The topological polar surface area (TPSA) is 29.9 Å². The van der Waals surface area contributed by atoms with Crippen LogP contribution < -0.4 is 5.32 Å². The molecule has 1 aliphatic rings. The third-order valence-corrected chi connectivity index (χ3v) is 3.78. The van der Waals surface area contributed by atoms with Crippen molar-refractivity contribution >= 4 is 15.9 Å². The van der Waals surface area contributed by atoms with E-state index in [-0.39, 0.29) is 0 Å². The average Bonchev–Trinajstić information content (AvgIpc) is 2.52. The van der Waals surface area contributed by atoms with E-state index in [9.17, 15) is 0 Å². The fraction of sp³-hybridized carbons (Fsp3) is 0.700. The lowest BCUT2D eigenvalue weighted by Crippen LogP contribution is -2.37. The first-order chi connectivity index (χ1) is 6.77. The molecule has 1 saturated heterocycles. The lowest BCUT2D eigenvalue weighted by atomic mass is 10.1. The Balaban J connectivity index is 1.99. The molecule has 0 saturated carbocycles. The van der Waals surface area contributed by atoms with E-state index in [4.69, 9.17) is 0 Å². The van der Waals surface area contributed by atoms with Crippen molar-refractivity contribution < 1.29 is 0 Å². The van der Waals surface area contributed by atoms with Crippen LogP contribution in [0.4, 0.5) is 0 Å². The maximum absolute atomic E-state index is 4.34. The maximum Gasteiger partial charge on any atom is 0.107 e. The van der Waals surface area contributed by atoms with Crippen LogP contribution in [0.2, 0.25) is 0 Å². The summed E-state index contributed by atoms with van der Waals surface area (Å²) >= 11 is 3.55. The van der Waals surface area contributed by atoms with Crippen molar-refractivity contribution in [1.29, 1.82) is 0 Å². The van der Waals surface area contributed by atoms with E-state index < -0.39 is 0 Å². The van der Waals surface area contributed by atoms with Gasteiger partial charge >= 0.3 is 0 Å². The van der Waals surface area contributed by atoms with Gasteiger partial charge in [0, 0.05) is 11.6 Å². The second-order valence-electron chi connectivity index (χ2n) is 3.95. The van der Waals surface area contributed by atoms with E-state index in [1.807, 2.05) is 10.9 Å². The summed E-state index contributed by atoms with van der Waals surface area (Å²) in [6.07, 6.45) is 5.84. The van der Waals surface area contributed by atoms with Crippen molar-refractivity contribution in [2.75, 3.05) is 6.54 Å². The van der Waals surface area contributed by atoms with Crippen molar-refractivity contribution in [3.05, 3.63) is 16.4 Å². The molecule has 0 bridgehead atoms. The molecule has 0 radical (unpaired) electrons. The normalized spacial score (nSPS) is 22.6. The van der Waals surface area contributed by atoms with Gasteiger partial charge in [-0.2, -0.15) is 5.10 Å². The number of hydrogen-bond acceptors (Lipinski definition) is 2. The van der Waals surface area contributed by atoms with Crippen molar-refractivity contribution in [1.82, 2.24) is 15.1 Å². The molecule has 2 rings (SSSR count). The van der Waals surface area contributed by atoms with Crippen LogP contribution in [0.5, 0.6) is 0 Å². The van der Waals surface area contributed by atoms with E-state index in [2.05, 4.69) is 33.3 Å². The Labute approximate surface area is 93.0 Å². The third-order valence-electron chi connectivity index (χ3n) is 2.75. The van der Waals surface area contributed by atoms with Gasteiger partial charge in [-0.1, -0.05) is 6.42 Å².